The first-order chi connectivity index (χ1) is 16.8. The van der Waals surface area contributed by atoms with Gasteiger partial charge in [-0.15, -0.1) is 0 Å². The van der Waals surface area contributed by atoms with Gasteiger partial charge in [0.15, 0.2) is 0 Å². The average Bonchev–Trinajstić information content (AvgIpc) is 2.77. The molecule has 3 nitrogen and oxygen atoms in total. The van der Waals surface area contributed by atoms with Gasteiger partial charge >= 0.3 is 0 Å². The molecule has 0 saturated heterocycles. The topological polar surface area (TPSA) is 35.5 Å². The summed E-state index contributed by atoms with van der Waals surface area (Å²) in [7, 11) is 0. The number of hydrogen-bond donors (Lipinski definition) is 2. The molecule has 0 aromatic heterocycles. The smallest absolute Gasteiger partial charge is 0.123 e. The van der Waals surface area contributed by atoms with Crippen LogP contribution in [-0.2, 0) is 17.4 Å². The van der Waals surface area contributed by atoms with Gasteiger partial charge in [0.1, 0.15) is 5.75 Å². The zero-order valence-electron chi connectivity index (χ0n) is 23.8. The molecule has 0 aliphatic carbocycles. The van der Waals surface area contributed by atoms with Crippen molar-refractivity contribution in [3.05, 3.63) is 83.4 Å². The number of rotatable bonds is 8. The molecule has 1 unspecified atom stereocenters. The third kappa shape index (κ3) is 7.06. The van der Waals surface area contributed by atoms with E-state index in [1.807, 2.05) is 18.2 Å². The van der Waals surface area contributed by atoms with E-state index >= 15 is 0 Å². The second-order valence-electron chi connectivity index (χ2n) is 12.7. The van der Waals surface area contributed by atoms with Gasteiger partial charge in [0.25, 0.3) is 0 Å². The fraction of sp³-hybridized carbons (Fsp3) is 0.455. The van der Waals surface area contributed by atoms with E-state index in [4.69, 9.17) is 0 Å². The molecule has 0 spiro atoms. The molecule has 36 heavy (non-hydrogen) atoms. The Morgan fingerprint density at radius 3 is 1.72 bits per heavy atom. The van der Waals surface area contributed by atoms with Crippen LogP contribution < -0.4 is 10.2 Å². The van der Waals surface area contributed by atoms with Crippen LogP contribution >= 0.6 is 0 Å². The van der Waals surface area contributed by atoms with Gasteiger partial charge < -0.3 is 15.3 Å². The van der Waals surface area contributed by atoms with E-state index in [2.05, 4.69) is 121 Å². The Morgan fingerprint density at radius 2 is 1.25 bits per heavy atom. The van der Waals surface area contributed by atoms with Crippen LogP contribution in [0.3, 0.4) is 0 Å². The van der Waals surface area contributed by atoms with Gasteiger partial charge in [-0.3, -0.25) is 0 Å². The molecule has 0 saturated carbocycles. The number of phenolic OH excluding ortho intramolecular Hbond substituents is 1. The fourth-order valence-corrected chi connectivity index (χ4v) is 4.86. The monoisotopic (exact) mass is 486 g/mol. The van der Waals surface area contributed by atoms with E-state index in [0.717, 1.165) is 35.5 Å². The predicted molar refractivity (Wildman–Crippen MR) is 157 cm³/mol. The Morgan fingerprint density at radius 1 is 0.750 bits per heavy atom. The largest absolute Gasteiger partial charge is 0.507 e. The molecule has 0 fully saturated rings. The first-order valence-corrected chi connectivity index (χ1v) is 13.3. The maximum absolute atomic E-state index is 11.2. The van der Waals surface area contributed by atoms with Crippen molar-refractivity contribution in [2.24, 2.45) is 5.92 Å². The summed E-state index contributed by atoms with van der Waals surface area (Å²) in [6.45, 7) is 20.8. The molecule has 0 heterocycles. The number of phenols is 1. The van der Waals surface area contributed by atoms with Gasteiger partial charge in [-0.1, -0.05) is 73.6 Å². The van der Waals surface area contributed by atoms with Crippen molar-refractivity contribution >= 4 is 17.1 Å². The van der Waals surface area contributed by atoms with Crippen LogP contribution in [0, 0.1) is 5.92 Å². The molecule has 0 aliphatic heterocycles. The molecule has 0 amide bonds. The minimum absolute atomic E-state index is 0.140. The van der Waals surface area contributed by atoms with E-state index in [1.54, 1.807) is 0 Å². The first-order valence-electron chi connectivity index (χ1n) is 13.3. The lowest BCUT2D eigenvalue weighted by Crippen LogP contribution is -2.34. The van der Waals surface area contributed by atoms with Crippen LogP contribution in [0.15, 0.2) is 66.7 Å². The number of aromatic hydroxyl groups is 1. The minimum Gasteiger partial charge on any atom is -0.507 e. The Hall–Kier alpha value is -2.94. The number of anilines is 3. The average molecular weight is 487 g/mol. The van der Waals surface area contributed by atoms with Crippen molar-refractivity contribution in [2.45, 2.75) is 92.2 Å². The predicted octanol–water partition coefficient (Wildman–Crippen LogP) is 9.17. The molecule has 3 rings (SSSR count). The van der Waals surface area contributed by atoms with Crippen LogP contribution in [0.4, 0.5) is 17.1 Å². The molecule has 3 aromatic carbocycles. The van der Waals surface area contributed by atoms with Crippen molar-refractivity contribution in [3.8, 4) is 5.75 Å². The SMILES string of the molecule is CC(C)CC(C)N(Cc1cc(C(C)(C)C)c(O)c(C(C)(C)C)c1)c1ccc(Nc2ccccc2)cc1. The van der Waals surface area contributed by atoms with Crippen LogP contribution in [-0.4, -0.2) is 11.1 Å². The van der Waals surface area contributed by atoms with Gasteiger partial charge in [0, 0.05) is 29.6 Å². The Balaban J connectivity index is 1.99. The minimum atomic E-state index is -0.140. The summed E-state index contributed by atoms with van der Waals surface area (Å²) in [6, 6.07) is 23.8. The van der Waals surface area contributed by atoms with E-state index in [1.165, 1.54) is 11.3 Å². The van der Waals surface area contributed by atoms with Crippen LogP contribution in [0.1, 0.15) is 85.4 Å². The zero-order chi connectivity index (χ0) is 26.7. The molecule has 194 valence electrons. The van der Waals surface area contributed by atoms with E-state index in [0.29, 0.717) is 17.7 Å². The van der Waals surface area contributed by atoms with Crippen molar-refractivity contribution in [1.29, 1.82) is 0 Å². The van der Waals surface area contributed by atoms with Gasteiger partial charge in [0.05, 0.1) is 0 Å². The van der Waals surface area contributed by atoms with Crippen LogP contribution in [0.2, 0.25) is 0 Å². The summed E-state index contributed by atoms with van der Waals surface area (Å²) < 4.78 is 0. The zero-order valence-corrected chi connectivity index (χ0v) is 23.8. The highest BCUT2D eigenvalue weighted by atomic mass is 16.3. The third-order valence-corrected chi connectivity index (χ3v) is 6.74. The number of benzene rings is 3. The lowest BCUT2D eigenvalue weighted by Gasteiger charge is -2.34. The lowest BCUT2D eigenvalue weighted by atomic mass is 9.78. The van der Waals surface area contributed by atoms with E-state index in [9.17, 15) is 5.11 Å². The van der Waals surface area contributed by atoms with Crippen LogP contribution in [0.25, 0.3) is 0 Å². The highest BCUT2D eigenvalue weighted by Crippen LogP contribution is 2.40. The number of nitrogens with one attached hydrogen (secondary N) is 1. The Kier molecular flexibility index (Phi) is 8.44. The Labute approximate surface area is 219 Å². The molecule has 0 radical (unpaired) electrons. The van der Waals surface area contributed by atoms with Crippen molar-refractivity contribution < 1.29 is 5.11 Å². The fourth-order valence-electron chi connectivity index (χ4n) is 4.86. The van der Waals surface area contributed by atoms with Gasteiger partial charge in [-0.2, -0.15) is 0 Å². The molecule has 3 aromatic rings. The van der Waals surface area contributed by atoms with Gasteiger partial charge in [0.2, 0.25) is 0 Å². The van der Waals surface area contributed by atoms with E-state index < -0.39 is 0 Å². The molecular formula is C33H46N2O. The number of para-hydroxylation sites is 1. The highest BCUT2D eigenvalue weighted by Gasteiger charge is 2.27. The normalized spacial score (nSPS) is 13.1. The molecular weight excluding hydrogens is 440 g/mol. The van der Waals surface area contributed by atoms with Crippen molar-refractivity contribution in [1.82, 2.24) is 0 Å². The second-order valence-corrected chi connectivity index (χ2v) is 12.7. The van der Waals surface area contributed by atoms with E-state index in [-0.39, 0.29) is 10.8 Å². The standard InChI is InChI=1S/C33H46N2O/c1-23(2)19-24(3)35(28-17-15-27(16-18-28)34-26-13-11-10-12-14-26)22-25-20-29(32(4,5)6)31(36)30(21-25)33(7,8)9/h10-18,20-21,23-24,34,36H,19,22H2,1-9H3. The molecule has 0 aliphatic rings. The maximum atomic E-state index is 11.2. The van der Waals surface area contributed by atoms with Gasteiger partial charge in [-0.25, -0.2) is 0 Å². The number of nitrogens with zero attached hydrogens (tertiary/aromatic N) is 1. The summed E-state index contributed by atoms with van der Waals surface area (Å²) in [5, 5.41) is 14.7. The van der Waals surface area contributed by atoms with Gasteiger partial charge in [-0.05, 0) is 95.3 Å². The quantitative estimate of drug-likeness (QED) is 0.333. The van der Waals surface area contributed by atoms with Crippen molar-refractivity contribution in [2.75, 3.05) is 10.2 Å². The highest BCUT2D eigenvalue weighted by molar-refractivity contribution is 5.63. The number of hydrogen-bond acceptors (Lipinski definition) is 3. The lowest BCUT2D eigenvalue weighted by molar-refractivity contribution is 0.422. The molecule has 0 bridgehead atoms. The summed E-state index contributed by atoms with van der Waals surface area (Å²) >= 11 is 0. The maximum Gasteiger partial charge on any atom is 0.123 e. The Bertz CT molecular complexity index is 1080. The summed E-state index contributed by atoms with van der Waals surface area (Å²) in [5.41, 5.74) is 6.38. The summed E-state index contributed by atoms with van der Waals surface area (Å²) in [4.78, 5) is 2.51. The summed E-state index contributed by atoms with van der Waals surface area (Å²) in [5.74, 6) is 1.05. The van der Waals surface area contributed by atoms with Crippen LogP contribution in [0.5, 0.6) is 5.75 Å². The molecule has 2 N–H and O–H groups in total. The summed E-state index contributed by atoms with van der Waals surface area (Å²) in [6.07, 6.45) is 1.11. The van der Waals surface area contributed by atoms with Crippen molar-refractivity contribution in [3.63, 3.8) is 0 Å². The third-order valence-electron chi connectivity index (χ3n) is 6.74. The molecule has 1 atom stereocenters. The first kappa shape index (κ1) is 27.6. The molecule has 3 heteroatoms. The second kappa shape index (κ2) is 11.0.